The van der Waals surface area contributed by atoms with Gasteiger partial charge in [-0.2, -0.15) is 0 Å². The minimum Gasteiger partial charge on any atom is -0.495 e. The Morgan fingerprint density at radius 2 is 1.82 bits per heavy atom. The molecular formula is C20H15ClN2O4S. The van der Waals surface area contributed by atoms with E-state index < -0.39 is 10.0 Å². The molecule has 0 saturated heterocycles. The average Bonchev–Trinajstić information content (AvgIpc) is 3.12. The van der Waals surface area contributed by atoms with Crippen molar-refractivity contribution in [1.29, 1.82) is 0 Å². The van der Waals surface area contributed by atoms with E-state index >= 15 is 0 Å². The molecular weight excluding hydrogens is 400 g/mol. The van der Waals surface area contributed by atoms with Gasteiger partial charge in [0.25, 0.3) is 10.0 Å². The van der Waals surface area contributed by atoms with Crippen molar-refractivity contribution in [2.75, 3.05) is 11.8 Å². The first kappa shape index (κ1) is 18.3. The molecule has 0 atom stereocenters. The summed E-state index contributed by atoms with van der Waals surface area (Å²) in [7, 11) is -2.51. The van der Waals surface area contributed by atoms with Crippen LogP contribution >= 0.6 is 11.6 Å². The third-order valence-electron chi connectivity index (χ3n) is 4.08. The zero-order valence-electron chi connectivity index (χ0n) is 14.7. The van der Waals surface area contributed by atoms with Crippen molar-refractivity contribution < 1.29 is 17.6 Å². The van der Waals surface area contributed by atoms with Crippen LogP contribution in [0.5, 0.6) is 5.75 Å². The Labute approximate surface area is 166 Å². The number of anilines is 1. The molecule has 1 N–H and O–H groups in total. The smallest absolute Gasteiger partial charge is 0.265 e. The Hall–Kier alpha value is -3.03. The fraction of sp³-hybridized carbons (Fsp3) is 0.0500. The highest BCUT2D eigenvalue weighted by Crippen LogP contribution is 2.30. The van der Waals surface area contributed by atoms with Crippen LogP contribution in [0.2, 0.25) is 5.02 Å². The number of hydrogen-bond acceptors (Lipinski definition) is 5. The van der Waals surface area contributed by atoms with Crippen LogP contribution in [0.25, 0.3) is 22.6 Å². The van der Waals surface area contributed by atoms with Crippen molar-refractivity contribution in [2.24, 2.45) is 0 Å². The Morgan fingerprint density at radius 1 is 1.04 bits per heavy atom. The lowest BCUT2D eigenvalue weighted by atomic mass is 10.2. The zero-order valence-corrected chi connectivity index (χ0v) is 16.3. The molecule has 0 bridgehead atoms. The Kier molecular flexibility index (Phi) is 4.70. The number of hydrogen-bond donors (Lipinski definition) is 1. The molecule has 142 valence electrons. The van der Waals surface area contributed by atoms with Gasteiger partial charge in [0.2, 0.25) is 5.89 Å². The molecule has 0 spiro atoms. The van der Waals surface area contributed by atoms with Crippen LogP contribution in [-0.2, 0) is 10.0 Å². The number of rotatable bonds is 5. The van der Waals surface area contributed by atoms with Crippen LogP contribution in [-0.4, -0.2) is 20.5 Å². The number of sulfonamides is 1. The fourth-order valence-electron chi connectivity index (χ4n) is 2.77. The third-order valence-corrected chi connectivity index (χ3v) is 5.71. The van der Waals surface area contributed by atoms with E-state index in [-0.39, 0.29) is 10.6 Å². The first-order valence-electron chi connectivity index (χ1n) is 8.29. The molecule has 28 heavy (non-hydrogen) atoms. The standard InChI is InChI=1S/C20H15ClN2O4S/c1-26-18-9-7-14(21)11-19(18)28(24,25)23-15-8-10-17-16(12-15)22-20(27-17)13-5-3-2-4-6-13/h2-12,23H,1H3. The van der Waals surface area contributed by atoms with Gasteiger partial charge >= 0.3 is 0 Å². The predicted molar refractivity (Wildman–Crippen MR) is 108 cm³/mol. The maximum absolute atomic E-state index is 12.8. The van der Waals surface area contributed by atoms with Crippen LogP contribution in [0.1, 0.15) is 0 Å². The first-order valence-corrected chi connectivity index (χ1v) is 10.1. The van der Waals surface area contributed by atoms with E-state index in [0.717, 1.165) is 5.56 Å². The number of ether oxygens (including phenoxy) is 1. The van der Waals surface area contributed by atoms with Gasteiger partial charge in [0.15, 0.2) is 5.58 Å². The van der Waals surface area contributed by atoms with Gasteiger partial charge in [0, 0.05) is 10.6 Å². The highest BCUT2D eigenvalue weighted by molar-refractivity contribution is 7.92. The lowest BCUT2D eigenvalue weighted by Crippen LogP contribution is -2.14. The Balaban J connectivity index is 1.69. The molecule has 0 fully saturated rings. The van der Waals surface area contributed by atoms with E-state index in [2.05, 4.69) is 9.71 Å². The number of aromatic nitrogens is 1. The minimum atomic E-state index is -3.91. The second kappa shape index (κ2) is 7.18. The molecule has 0 unspecified atom stereocenters. The number of nitrogens with zero attached hydrogens (tertiary/aromatic N) is 1. The topological polar surface area (TPSA) is 81.4 Å². The summed E-state index contributed by atoms with van der Waals surface area (Å²) >= 11 is 5.95. The molecule has 4 aromatic rings. The van der Waals surface area contributed by atoms with E-state index in [4.69, 9.17) is 20.8 Å². The SMILES string of the molecule is COc1ccc(Cl)cc1S(=O)(=O)Nc1ccc2oc(-c3ccccc3)nc2c1. The number of oxazole rings is 1. The molecule has 0 radical (unpaired) electrons. The van der Waals surface area contributed by atoms with Crippen LogP contribution in [0, 0.1) is 0 Å². The second-order valence-corrected chi connectivity index (χ2v) is 8.06. The number of fused-ring (bicyclic) bond motifs is 1. The van der Waals surface area contributed by atoms with Gasteiger partial charge in [-0.05, 0) is 48.5 Å². The molecule has 1 heterocycles. The molecule has 3 aromatic carbocycles. The van der Waals surface area contributed by atoms with E-state index in [1.807, 2.05) is 30.3 Å². The van der Waals surface area contributed by atoms with Crippen molar-refractivity contribution in [2.45, 2.75) is 4.90 Å². The van der Waals surface area contributed by atoms with E-state index in [0.29, 0.717) is 27.7 Å². The quantitative estimate of drug-likeness (QED) is 0.499. The van der Waals surface area contributed by atoms with Crippen LogP contribution in [0.4, 0.5) is 5.69 Å². The molecule has 0 aliphatic carbocycles. The van der Waals surface area contributed by atoms with Crippen molar-refractivity contribution >= 4 is 38.4 Å². The largest absolute Gasteiger partial charge is 0.495 e. The molecule has 0 amide bonds. The van der Waals surface area contributed by atoms with Gasteiger partial charge in [0.05, 0.1) is 12.8 Å². The van der Waals surface area contributed by atoms with E-state index in [9.17, 15) is 8.42 Å². The number of benzene rings is 3. The lowest BCUT2D eigenvalue weighted by Gasteiger charge is -2.11. The predicted octanol–water partition coefficient (Wildman–Crippen LogP) is 4.96. The van der Waals surface area contributed by atoms with Gasteiger partial charge in [-0.1, -0.05) is 29.8 Å². The number of nitrogens with one attached hydrogen (secondary N) is 1. The second-order valence-electron chi connectivity index (χ2n) is 5.97. The monoisotopic (exact) mass is 414 g/mol. The molecule has 0 saturated carbocycles. The third kappa shape index (κ3) is 3.54. The normalized spacial score (nSPS) is 11.5. The Bertz CT molecular complexity index is 1250. The minimum absolute atomic E-state index is 0.0484. The first-order chi connectivity index (χ1) is 13.5. The summed E-state index contributed by atoms with van der Waals surface area (Å²) < 4.78 is 39.0. The number of methoxy groups -OCH3 is 1. The summed E-state index contributed by atoms with van der Waals surface area (Å²) in [4.78, 5) is 4.40. The summed E-state index contributed by atoms with van der Waals surface area (Å²) in [6.45, 7) is 0. The van der Waals surface area contributed by atoms with Crippen molar-refractivity contribution in [3.05, 3.63) is 71.8 Å². The molecule has 0 aliphatic heterocycles. The molecule has 1 aromatic heterocycles. The zero-order chi connectivity index (χ0) is 19.7. The van der Waals surface area contributed by atoms with Crippen LogP contribution in [0.15, 0.2) is 76.0 Å². The molecule has 0 aliphatic rings. The van der Waals surface area contributed by atoms with Crippen LogP contribution < -0.4 is 9.46 Å². The number of halogens is 1. The average molecular weight is 415 g/mol. The lowest BCUT2D eigenvalue weighted by molar-refractivity contribution is 0.403. The van der Waals surface area contributed by atoms with Crippen molar-refractivity contribution in [3.63, 3.8) is 0 Å². The van der Waals surface area contributed by atoms with E-state index in [1.165, 1.54) is 19.2 Å². The summed E-state index contributed by atoms with van der Waals surface area (Å²) in [5.41, 5.74) is 2.28. The maximum atomic E-state index is 12.8. The summed E-state index contributed by atoms with van der Waals surface area (Å²) in [5, 5.41) is 0.292. The van der Waals surface area contributed by atoms with Gasteiger partial charge < -0.3 is 9.15 Å². The van der Waals surface area contributed by atoms with Gasteiger partial charge in [-0.15, -0.1) is 0 Å². The highest BCUT2D eigenvalue weighted by atomic mass is 35.5. The van der Waals surface area contributed by atoms with Gasteiger partial charge in [0.1, 0.15) is 16.2 Å². The van der Waals surface area contributed by atoms with Crippen molar-refractivity contribution in [1.82, 2.24) is 4.98 Å². The Morgan fingerprint density at radius 3 is 2.57 bits per heavy atom. The van der Waals surface area contributed by atoms with Crippen molar-refractivity contribution in [3.8, 4) is 17.2 Å². The molecule has 6 nitrogen and oxygen atoms in total. The van der Waals surface area contributed by atoms with Crippen LogP contribution in [0.3, 0.4) is 0 Å². The summed E-state index contributed by atoms with van der Waals surface area (Å²) in [5.74, 6) is 0.665. The highest BCUT2D eigenvalue weighted by Gasteiger charge is 2.21. The molecule has 4 rings (SSSR count). The summed E-state index contributed by atoms with van der Waals surface area (Å²) in [6, 6.07) is 18.8. The molecule has 8 heteroatoms. The van der Waals surface area contributed by atoms with Gasteiger partial charge in [-0.3, -0.25) is 4.72 Å². The summed E-state index contributed by atoms with van der Waals surface area (Å²) in [6.07, 6.45) is 0. The maximum Gasteiger partial charge on any atom is 0.265 e. The fourth-order valence-corrected chi connectivity index (χ4v) is 4.25. The van der Waals surface area contributed by atoms with E-state index in [1.54, 1.807) is 24.3 Å². The van der Waals surface area contributed by atoms with Gasteiger partial charge in [-0.25, -0.2) is 13.4 Å².